The fourth-order valence-electron chi connectivity index (χ4n) is 2.97. The second-order valence-electron chi connectivity index (χ2n) is 8.31. The van der Waals surface area contributed by atoms with Crippen LogP contribution in [0, 0.1) is 0 Å². The van der Waals surface area contributed by atoms with Crippen molar-refractivity contribution in [3.8, 4) is 0 Å². The zero-order valence-electron chi connectivity index (χ0n) is 22.7. The van der Waals surface area contributed by atoms with Crippen molar-refractivity contribution in [3.05, 3.63) is 31.1 Å². The molecule has 0 atom stereocenters. The van der Waals surface area contributed by atoms with E-state index in [2.05, 4.69) is 86.8 Å². The number of hydrogen-bond donors (Lipinski definition) is 0. The van der Waals surface area contributed by atoms with E-state index in [4.69, 9.17) is 0 Å². The summed E-state index contributed by atoms with van der Waals surface area (Å²) >= 11 is 0. The van der Waals surface area contributed by atoms with E-state index in [0.29, 0.717) is 12.8 Å². The minimum absolute atomic E-state index is 0.199. The molecule has 0 saturated carbocycles. The molecule has 9 heteroatoms. The summed E-state index contributed by atoms with van der Waals surface area (Å²) in [6.07, 6.45) is 18.7. The second-order valence-corrected chi connectivity index (χ2v) is 9.72. The molecule has 0 amide bonds. The molecule has 0 aliphatic carbocycles. The molecule has 0 N–H and O–H groups in total. The number of phosphoric acid groups is 1. The van der Waals surface area contributed by atoms with Crippen LogP contribution < -0.4 is 9.46 Å². The van der Waals surface area contributed by atoms with Gasteiger partial charge in [0.05, 0.1) is 33.0 Å². The average Bonchev–Trinajstić information content (AvgIpc) is 3.50. The Balaban J connectivity index is 0.000000481. The third-order valence-corrected chi connectivity index (χ3v) is 6.09. The van der Waals surface area contributed by atoms with E-state index < -0.39 is 7.82 Å². The minimum Gasteiger partial charge on any atom is -0.756 e. The largest absolute Gasteiger partial charge is 0.756 e. The Kier molecular flexibility index (Phi) is 20.2. The van der Waals surface area contributed by atoms with Crippen LogP contribution >= 0.6 is 7.82 Å². The third-order valence-electron chi connectivity index (χ3n) is 5.09. The summed E-state index contributed by atoms with van der Waals surface area (Å²) < 4.78 is 24.1. The van der Waals surface area contributed by atoms with Gasteiger partial charge in [-0.05, 0) is 46.0 Å². The molecule has 1 aliphatic heterocycles. The molecule has 200 valence electrons. The molecular weight excluding hydrogens is 451 g/mol. The molecule has 0 spiro atoms. The predicted octanol–water partition coefficient (Wildman–Crippen LogP) is 5.15. The molecule has 0 bridgehead atoms. The molecule has 2 heterocycles. The van der Waals surface area contributed by atoms with Crippen LogP contribution in [0.4, 0.5) is 0 Å². The van der Waals surface area contributed by atoms with Crippen LogP contribution in [0.3, 0.4) is 0 Å². The molecule has 1 aliphatic rings. The summed E-state index contributed by atoms with van der Waals surface area (Å²) in [7, 11) is -3.98. The first-order valence-corrected chi connectivity index (χ1v) is 14.6. The zero-order valence-corrected chi connectivity index (χ0v) is 23.5. The van der Waals surface area contributed by atoms with Crippen molar-refractivity contribution in [3.63, 3.8) is 0 Å². The topological polar surface area (TPSA) is 73.9 Å². The maximum atomic E-state index is 10.7. The second kappa shape index (κ2) is 21.0. The lowest BCUT2D eigenvalue weighted by atomic mass is 10.2. The lowest BCUT2D eigenvalue weighted by Gasteiger charge is -2.21. The normalized spacial score (nSPS) is 12.9. The monoisotopic (exact) mass is 502 g/mol. The van der Waals surface area contributed by atoms with Gasteiger partial charge in [-0.25, -0.2) is 9.13 Å². The van der Waals surface area contributed by atoms with Gasteiger partial charge in [-0.15, -0.1) is 0 Å². The van der Waals surface area contributed by atoms with Gasteiger partial charge in [-0.1, -0.05) is 40.5 Å². The van der Waals surface area contributed by atoms with Crippen molar-refractivity contribution in [1.29, 1.82) is 0 Å². The summed E-state index contributed by atoms with van der Waals surface area (Å²) in [6.45, 7) is 18.6. The van der Waals surface area contributed by atoms with Crippen molar-refractivity contribution in [1.82, 2.24) is 14.4 Å². The van der Waals surface area contributed by atoms with E-state index in [9.17, 15) is 9.46 Å². The van der Waals surface area contributed by atoms with Gasteiger partial charge in [0.15, 0.2) is 0 Å². The standard InChI is InChI=1S/C10H19N2.C9H18N2.C6H15O4P/c1-3-5-6-7-12-9-8-11(4-2)10-12;1-3-5-6-11-8-7-10(4-2)9-11;1-3-5-9-11(7,8)10-6-4-2/h8-10H,3-7H2,1-2H3;7-8H,3-6,9H2,1-2H3;3-6H2,1-2H3,(H,7,8)/q+1;;/p-1. The van der Waals surface area contributed by atoms with Crippen molar-refractivity contribution in [2.45, 2.75) is 99.6 Å². The first-order chi connectivity index (χ1) is 16.3. The van der Waals surface area contributed by atoms with Gasteiger partial charge in [0.1, 0.15) is 12.4 Å². The fourth-order valence-corrected chi connectivity index (χ4v) is 3.86. The number of imidazole rings is 1. The number of aromatic nitrogens is 2. The van der Waals surface area contributed by atoms with Gasteiger partial charge in [-0.3, -0.25) is 4.57 Å². The summed E-state index contributed by atoms with van der Waals surface area (Å²) in [4.78, 5) is 15.4. The van der Waals surface area contributed by atoms with Gasteiger partial charge >= 0.3 is 0 Å². The van der Waals surface area contributed by atoms with Crippen LogP contribution in [0.25, 0.3) is 0 Å². The highest BCUT2D eigenvalue weighted by Crippen LogP contribution is 2.38. The zero-order chi connectivity index (χ0) is 25.7. The number of hydrogen-bond acceptors (Lipinski definition) is 6. The molecule has 2 rings (SSSR count). The quantitative estimate of drug-likeness (QED) is 0.188. The molecule has 1 aromatic heterocycles. The molecule has 0 fully saturated rings. The van der Waals surface area contributed by atoms with Gasteiger partial charge in [-0.2, -0.15) is 0 Å². The van der Waals surface area contributed by atoms with Crippen LogP contribution in [0.5, 0.6) is 0 Å². The van der Waals surface area contributed by atoms with Crippen molar-refractivity contribution < 1.29 is 23.1 Å². The van der Waals surface area contributed by atoms with Crippen LogP contribution in [-0.4, -0.2) is 47.3 Å². The van der Waals surface area contributed by atoms with Crippen molar-refractivity contribution in [2.75, 3.05) is 33.0 Å². The Hall–Kier alpha value is -1.34. The molecule has 0 radical (unpaired) electrons. The van der Waals surface area contributed by atoms with Gasteiger partial charge in [0.25, 0.3) is 7.82 Å². The van der Waals surface area contributed by atoms with Gasteiger partial charge in [0.2, 0.25) is 6.33 Å². The smallest absolute Gasteiger partial charge is 0.267 e. The van der Waals surface area contributed by atoms with E-state index in [0.717, 1.165) is 19.8 Å². The number of aryl methyl sites for hydroxylation is 2. The highest BCUT2D eigenvalue weighted by Gasteiger charge is 2.08. The Labute approximate surface area is 209 Å². The van der Waals surface area contributed by atoms with E-state index >= 15 is 0 Å². The van der Waals surface area contributed by atoms with E-state index in [1.807, 2.05) is 13.8 Å². The number of nitrogens with zero attached hydrogens (tertiary/aromatic N) is 4. The summed E-state index contributed by atoms with van der Waals surface area (Å²) in [5, 5.41) is 0. The Morgan fingerprint density at radius 1 is 0.853 bits per heavy atom. The highest BCUT2D eigenvalue weighted by molar-refractivity contribution is 7.45. The van der Waals surface area contributed by atoms with E-state index in [-0.39, 0.29) is 13.2 Å². The predicted molar refractivity (Wildman–Crippen MR) is 138 cm³/mol. The minimum atomic E-state index is -3.98. The number of phosphoric ester groups is 1. The average molecular weight is 503 g/mol. The lowest BCUT2D eigenvalue weighted by Crippen LogP contribution is -2.30. The first kappa shape index (κ1) is 32.7. The van der Waals surface area contributed by atoms with Crippen LogP contribution in [0.15, 0.2) is 31.1 Å². The van der Waals surface area contributed by atoms with Gasteiger partial charge < -0.3 is 23.7 Å². The molecule has 1 aromatic rings. The maximum absolute atomic E-state index is 10.7. The fraction of sp³-hybridized carbons (Fsp3) is 0.800. The highest BCUT2D eigenvalue weighted by atomic mass is 31.2. The molecule has 34 heavy (non-hydrogen) atoms. The van der Waals surface area contributed by atoms with E-state index in [1.165, 1.54) is 45.2 Å². The van der Waals surface area contributed by atoms with E-state index in [1.54, 1.807) is 0 Å². The number of unbranched alkanes of at least 4 members (excludes halogenated alkanes) is 3. The molecule has 0 unspecified atom stereocenters. The Bertz CT molecular complexity index is 657. The third kappa shape index (κ3) is 17.1. The molecule has 8 nitrogen and oxygen atoms in total. The number of rotatable bonds is 15. The summed E-state index contributed by atoms with van der Waals surface area (Å²) in [5.74, 6) is 0. The Morgan fingerprint density at radius 3 is 1.94 bits per heavy atom. The summed E-state index contributed by atoms with van der Waals surface area (Å²) in [5.41, 5.74) is 0. The van der Waals surface area contributed by atoms with Gasteiger partial charge in [0, 0.05) is 25.5 Å². The van der Waals surface area contributed by atoms with Crippen molar-refractivity contribution in [2.24, 2.45) is 0 Å². The first-order valence-electron chi connectivity index (χ1n) is 13.2. The molecule has 0 aromatic carbocycles. The van der Waals surface area contributed by atoms with Crippen molar-refractivity contribution >= 4 is 7.82 Å². The Morgan fingerprint density at radius 2 is 1.47 bits per heavy atom. The van der Waals surface area contributed by atoms with Crippen LogP contribution in [0.2, 0.25) is 0 Å². The SMILES string of the molecule is CCCCC[n+]1ccn(CC)c1.CCCCN1C=CN(CC)C1.CCCOP(=O)([O-])OCCC. The lowest BCUT2D eigenvalue weighted by molar-refractivity contribution is -0.696. The molecule has 0 saturated heterocycles. The molecular formula is C25H51N4O4P. The maximum Gasteiger partial charge on any atom is 0.267 e. The summed E-state index contributed by atoms with van der Waals surface area (Å²) in [6, 6.07) is 0. The van der Waals surface area contributed by atoms with Crippen LogP contribution in [-0.2, 0) is 26.7 Å². The van der Waals surface area contributed by atoms with Crippen LogP contribution in [0.1, 0.15) is 86.5 Å².